The molecule has 34 heavy (non-hydrogen) atoms. The van der Waals surface area contributed by atoms with Gasteiger partial charge in [0.25, 0.3) is 5.56 Å². The zero-order valence-corrected chi connectivity index (χ0v) is 19.5. The molecule has 1 amide bonds. The number of aliphatic hydroxyl groups is 1. The summed E-state index contributed by atoms with van der Waals surface area (Å²) in [5.41, 5.74) is -0.147. The quantitative estimate of drug-likeness (QED) is 0.579. The summed E-state index contributed by atoms with van der Waals surface area (Å²) in [5.74, 6) is 0.569. The molecule has 2 N–H and O–H groups in total. The van der Waals surface area contributed by atoms with Gasteiger partial charge in [0.05, 0.1) is 18.5 Å². The molecule has 8 nitrogen and oxygen atoms in total. The molecule has 9 heteroatoms. The minimum atomic E-state index is -1.05. The Morgan fingerprint density at radius 2 is 1.97 bits per heavy atom. The number of rotatable bonds is 9. The van der Waals surface area contributed by atoms with Crippen LogP contribution < -0.4 is 10.9 Å². The largest absolute Gasteiger partial charge is 0.388 e. The summed E-state index contributed by atoms with van der Waals surface area (Å²) >= 11 is 0. The third kappa shape index (κ3) is 6.64. The van der Waals surface area contributed by atoms with Crippen molar-refractivity contribution in [2.45, 2.75) is 50.4 Å². The number of hydrogen-bond donors (Lipinski definition) is 2. The normalized spacial score (nSPS) is 20.4. The van der Waals surface area contributed by atoms with Crippen LogP contribution in [-0.2, 0) is 17.8 Å². The van der Waals surface area contributed by atoms with E-state index in [1.807, 2.05) is 35.2 Å². The summed E-state index contributed by atoms with van der Waals surface area (Å²) in [6, 6.07) is 11.4. The van der Waals surface area contributed by atoms with E-state index in [2.05, 4.69) is 10.3 Å². The van der Waals surface area contributed by atoms with Crippen molar-refractivity contribution >= 4 is 11.7 Å². The molecule has 0 bridgehead atoms. The van der Waals surface area contributed by atoms with Crippen molar-refractivity contribution in [3.8, 4) is 0 Å². The standard InChI is InChI=1S/C25H34FN5O3/c26-21-8-12-29(17-21)15-11-27-22-16-24(33)31(19-28-22)18-25(34)9-13-30(14-10-25)23(32)7-6-20-4-2-1-3-5-20/h1-5,16,19,21,27,34H,6-15,17-18H2. The average molecular weight is 472 g/mol. The Balaban J connectivity index is 1.22. The molecule has 1 atom stereocenters. The summed E-state index contributed by atoms with van der Waals surface area (Å²) in [4.78, 5) is 33.3. The van der Waals surface area contributed by atoms with Crippen LogP contribution in [-0.4, -0.2) is 81.4 Å². The molecule has 2 aromatic rings. The van der Waals surface area contributed by atoms with Gasteiger partial charge in [0.2, 0.25) is 5.91 Å². The minimum absolute atomic E-state index is 0.0936. The smallest absolute Gasteiger partial charge is 0.255 e. The summed E-state index contributed by atoms with van der Waals surface area (Å²) in [6.07, 6.45) is 3.28. The predicted molar refractivity (Wildman–Crippen MR) is 128 cm³/mol. The predicted octanol–water partition coefficient (Wildman–Crippen LogP) is 1.69. The van der Waals surface area contributed by atoms with E-state index in [0.29, 0.717) is 70.6 Å². The fourth-order valence-electron chi connectivity index (χ4n) is 4.67. The van der Waals surface area contributed by atoms with Crippen LogP contribution in [0.1, 0.15) is 31.2 Å². The number of anilines is 1. The second-order valence-corrected chi connectivity index (χ2v) is 9.44. The van der Waals surface area contributed by atoms with Crippen molar-refractivity contribution in [2.75, 3.05) is 44.6 Å². The molecule has 1 aromatic carbocycles. The molecule has 3 heterocycles. The Labute approximate surface area is 199 Å². The van der Waals surface area contributed by atoms with Crippen molar-refractivity contribution in [2.24, 2.45) is 0 Å². The molecular formula is C25H34FN5O3. The molecule has 2 aliphatic rings. The summed E-state index contributed by atoms with van der Waals surface area (Å²) in [5, 5.41) is 14.1. The molecule has 0 aliphatic carbocycles. The van der Waals surface area contributed by atoms with Crippen molar-refractivity contribution in [3.63, 3.8) is 0 Å². The maximum atomic E-state index is 13.2. The van der Waals surface area contributed by atoms with E-state index in [1.165, 1.54) is 17.0 Å². The molecule has 2 aliphatic heterocycles. The van der Waals surface area contributed by atoms with Crippen molar-refractivity contribution in [1.29, 1.82) is 0 Å². The third-order valence-electron chi connectivity index (χ3n) is 6.81. The Morgan fingerprint density at radius 3 is 2.65 bits per heavy atom. The molecule has 1 aromatic heterocycles. The number of halogens is 1. The summed E-state index contributed by atoms with van der Waals surface area (Å²) < 4.78 is 14.7. The highest BCUT2D eigenvalue weighted by atomic mass is 19.1. The number of amides is 1. The van der Waals surface area contributed by atoms with E-state index in [0.717, 1.165) is 12.1 Å². The van der Waals surface area contributed by atoms with E-state index in [4.69, 9.17) is 0 Å². The maximum Gasteiger partial charge on any atom is 0.255 e. The number of piperidine rings is 1. The lowest BCUT2D eigenvalue weighted by atomic mass is 9.91. The fraction of sp³-hybridized carbons (Fsp3) is 0.560. The first-order chi connectivity index (χ1) is 16.4. The molecule has 184 valence electrons. The molecule has 1 unspecified atom stereocenters. The van der Waals surface area contributed by atoms with Gasteiger partial charge in [-0.25, -0.2) is 9.37 Å². The Bertz CT molecular complexity index is 1010. The SMILES string of the molecule is O=C(CCc1ccccc1)N1CCC(O)(Cn2cnc(NCCN3CCC(F)C3)cc2=O)CC1. The Hall–Kier alpha value is -2.78. The zero-order valence-electron chi connectivity index (χ0n) is 19.5. The number of nitrogens with one attached hydrogen (secondary N) is 1. The van der Waals surface area contributed by atoms with Gasteiger partial charge in [0.15, 0.2) is 0 Å². The van der Waals surface area contributed by atoms with Crippen LogP contribution in [0.4, 0.5) is 10.2 Å². The van der Waals surface area contributed by atoms with Crippen molar-refractivity contribution < 1.29 is 14.3 Å². The van der Waals surface area contributed by atoms with E-state index >= 15 is 0 Å². The topological polar surface area (TPSA) is 90.7 Å². The number of alkyl halides is 1. The monoisotopic (exact) mass is 471 g/mol. The van der Waals surface area contributed by atoms with Crippen molar-refractivity contribution in [3.05, 3.63) is 58.6 Å². The van der Waals surface area contributed by atoms with Crippen molar-refractivity contribution in [1.82, 2.24) is 19.4 Å². The summed E-state index contributed by atoms with van der Waals surface area (Å²) in [6.45, 7) is 3.60. The van der Waals surface area contributed by atoms with Crippen LogP contribution >= 0.6 is 0 Å². The van der Waals surface area contributed by atoms with Crippen LogP contribution in [0.25, 0.3) is 0 Å². The van der Waals surface area contributed by atoms with Crippen LogP contribution in [0.3, 0.4) is 0 Å². The molecule has 4 rings (SSSR count). The number of nitrogens with zero attached hydrogens (tertiary/aromatic N) is 4. The number of carbonyl (C=O) groups is 1. The molecule has 2 saturated heterocycles. The van der Waals surface area contributed by atoms with E-state index in [1.54, 1.807) is 4.90 Å². The van der Waals surface area contributed by atoms with E-state index < -0.39 is 11.8 Å². The molecule has 0 radical (unpaired) electrons. The van der Waals surface area contributed by atoms with E-state index in [-0.39, 0.29) is 18.0 Å². The lowest BCUT2D eigenvalue weighted by Crippen LogP contribution is -2.49. The first-order valence-corrected chi connectivity index (χ1v) is 12.1. The van der Waals surface area contributed by atoms with Gasteiger partial charge in [0, 0.05) is 51.8 Å². The average Bonchev–Trinajstić information content (AvgIpc) is 3.25. The summed E-state index contributed by atoms with van der Waals surface area (Å²) in [7, 11) is 0. The van der Waals surface area contributed by atoms with Gasteiger partial charge in [-0.2, -0.15) is 0 Å². The maximum absolute atomic E-state index is 13.2. The third-order valence-corrected chi connectivity index (χ3v) is 6.81. The van der Waals surface area contributed by atoms with E-state index in [9.17, 15) is 19.1 Å². The van der Waals surface area contributed by atoms with Gasteiger partial charge in [0.1, 0.15) is 12.0 Å². The number of benzene rings is 1. The molecule has 2 fully saturated rings. The van der Waals surface area contributed by atoms with Gasteiger partial charge in [-0.05, 0) is 31.2 Å². The lowest BCUT2D eigenvalue weighted by molar-refractivity contribution is -0.135. The molecule has 0 spiro atoms. The van der Waals surface area contributed by atoms with Gasteiger partial charge in [-0.3, -0.25) is 19.1 Å². The number of aryl methyl sites for hydroxylation is 1. The van der Waals surface area contributed by atoms with Crippen LogP contribution in [0.15, 0.2) is 47.5 Å². The Morgan fingerprint density at radius 1 is 1.21 bits per heavy atom. The first kappa shape index (κ1) is 24.3. The first-order valence-electron chi connectivity index (χ1n) is 12.1. The highest BCUT2D eigenvalue weighted by Gasteiger charge is 2.34. The number of aromatic nitrogens is 2. The molecule has 0 saturated carbocycles. The fourth-order valence-corrected chi connectivity index (χ4v) is 4.67. The second-order valence-electron chi connectivity index (χ2n) is 9.44. The number of hydrogen-bond acceptors (Lipinski definition) is 6. The molecular weight excluding hydrogens is 437 g/mol. The zero-order chi connectivity index (χ0) is 24.0. The van der Waals surface area contributed by atoms with Gasteiger partial charge >= 0.3 is 0 Å². The van der Waals surface area contributed by atoms with Crippen LogP contribution in [0.5, 0.6) is 0 Å². The highest BCUT2D eigenvalue weighted by Crippen LogP contribution is 2.24. The van der Waals surface area contributed by atoms with Gasteiger partial charge in [-0.1, -0.05) is 30.3 Å². The lowest BCUT2D eigenvalue weighted by Gasteiger charge is -2.38. The van der Waals surface area contributed by atoms with Crippen LogP contribution in [0.2, 0.25) is 0 Å². The van der Waals surface area contributed by atoms with Crippen LogP contribution in [0, 0.1) is 0 Å². The van der Waals surface area contributed by atoms with Gasteiger partial charge < -0.3 is 15.3 Å². The minimum Gasteiger partial charge on any atom is -0.388 e. The second kappa shape index (κ2) is 11.1. The van der Waals surface area contributed by atoms with Gasteiger partial charge in [-0.15, -0.1) is 0 Å². The number of likely N-dealkylation sites (tertiary alicyclic amines) is 2. The number of carbonyl (C=O) groups excluding carboxylic acids is 1. The Kier molecular flexibility index (Phi) is 7.95. The highest BCUT2D eigenvalue weighted by molar-refractivity contribution is 5.76.